The lowest BCUT2D eigenvalue weighted by Gasteiger charge is -2.16. The van der Waals surface area contributed by atoms with Gasteiger partial charge in [0, 0.05) is 18.4 Å². The molecule has 0 saturated carbocycles. The highest BCUT2D eigenvalue weighted by atomic mass is 16.2. The Bertz CT molecular complexity index is 705. The van der Waals surface area contributed by atoms with Gasteiger partial charge < -0.3 is 10.2 Å². The molecule has 1 N–H and O–H groups in total. The largest absolute Gasteiger partial charge is 0.318 e. The third-order valence-corrected chi connectivity index (χ3v) is 2.89. The van der Waals surface area contributed by atoms with Crippen LogP contribution in [-0.4, -0.2) is 18.9 Å². The number of carbonyl (C=O) groups excluding carboxylic acids is 2. The first-order valence-electron chi connectivity index (χ1n) is 6.26. The van der Waals surface area contributed by atoms with Crippen molar-refractivity contribution in [2.45, 2.75) is 0 Å². The zero-order chi connectivity index (χ0) is 15.2. The Morgan fingerprint density at radius 1 is 1.10 bits per heavy atom. The van der Waals surface area contributed by atoms with Crippen LogP contribution in [0.3, 0.4) is 0 Å². The Hall–Kier alpha value is -3.13. The van der Waals surface area contributed by atoms with Gasteiger partial charge in [-0.25, -0.2) is 0 Å². The number of hydrogen-bond donors (Lipinski definition) is 1. The van der Waals surface area contributed by atoms with Gasteiger partial charge >= 0.3 is 11.8 Å². The maximum absolute atomic E-state index is 12.1. The van der Waals surface area contributed by atoms with Crippen LogP contribution in [0.2, 0.25) is 0 Å². The molecule has 0 bridgehead atoms. The van der Waals surface area contributed by atoms with Gasteiger partial charge in [0.05, 0.1) is 11.6 Å². The molecule has 0 aromatic heterocycles. The van der Waals surface area contributed by atoms with Crippen molar-refractivity contribution in [1.29, 1.82) is 5.26 Å². The van der Waals surface area contributed by atoms with Gasteiger partial charge in [-0.3, -0.25) is 9.59 Å². The number of amides is 2. The summed E-state index contributed by atoms with van der Waals surface area (Å²) in [5, 5.41) is 11.3. The van der Waals surface area contributed by atoms with Crippen LogP contribution in [0.25, 0.3) is 0 Å². The van der Waals surface area contributed by atoms with Crippen molar-refractivity contribution in [3.8, 4) is 6.07 Å². The predicted octanol–water partition coefficient (Wildman–Crippen LogP) is 2.16. The van der Waals surface area contributed by atoms with E-state index in [1.165, 1.54) is 18.0 Å². The smallest absolute Gasteiger partial charge is 0.316 e. The molecule has 0 spiro atoms. The van der Waals surface area contributed by atoms with Crippen molar-refractivity contribution < 1.29 is 9.59 Å². The Morgan fingerprint density at radius 3 is 2.48 bits per heavy atom. The topological polar surface area (TPSA) is 73.2 Å². The summed E-state index contributed by atoms with van der Waals surface area (Å²) in [6.45, 7) is 0. The van der Waals surface area contributed by atoms with Crippen molar-refractivity contribution in [3.05, 3.63) is 60.2 Å². The zero-order valence-corrected chi connectivity index (χ0v) is 11.4. The van der Waals surface area contributed by atoms with Crippen LogP contribution in [0.15, 0.2) is 54.6 Å². The summed E-state index contributed by atoms with van der Waals surface area (Å²) in [6.07, 6.45) is 0. The van der Waals surface area contributed by atoms with Gasteiger partial charge in [0.25, 0.3) is 0 Å². The molecule has 0 aliphatic heterocycles. The Kier molecular flexibility index (Phi) is 4.32. The molecule has 5 nitrogen and oxygen atoms in total. The summed E-state index contributed by atoms with van der Waals surface area (Å²) < 4.78 is 0. The second kappa shape index (κ2) is 6.35. The molecule has 21 heavy (non-hydrogen) atoms. The molecule has 0 aliphatic carbocycles. The first-order chi connectivity index (χ1) is 10.1. The number of carbonyl (C=O) groups is 2. The van der Waals surface area contributed by atoms with Crippen LogP contribution >= 0.6 is 0 Å². The summed E-state index contributed by atoms with van der Waals surface area (Å²) in [5.41, 5.74) is 1.45. The number of hydrogen-bond acceptors (Lipinski definition) is 3. The van der Waals surface area contributed by atoms with Gasteiger partial charge in [0.2, 0.25) is 0 Å². The molecule has 5 heteroatoms. The normalized spacial score (nSPS) is 9.52. The third-order valence-electron chi connectivity index (χ3n) is 2.89. The van der Waals surface area contributed by atoms with Gasteiger partial charge in [-0.2, -0.15) is 5.26 Å². The number of rotatable bonds is 2. The van der Waals surface area contributed by atoms with Crippen LogP contribution in [-0.2, 0) is 9.59 Å². The number of nitrogens with one attached hydrogen (secondary N) is 1. The molecule has 2 aromatic rings. The standard InChI is InChI=1S/C16H13N3O2/c1-19(14-8-3-2-4-9-14)16(21)15(20)18-13-7-5-6-12(10-13)11-17/h2-10H,1H3,(H,18,20). The molecule has 0 fully saturated rings. The second-order valence-corrected chi connectivity index (χ2v) is 4.35. The molecular weight excluding hydrogens is 266 g/mol. The molecule has 0 radical (unpaired) electrons. The van der Waals surface area contributed by atoms with Gasteiger partial charge in [0.1, 0.15) is 0 Å². The van der Waals surface area contributed by atoms with Crippen molar-refractivity contribution in [2.24, 2.45) is 0 Å². The monoisotopic (exact) mass is 279 g/mol. The number of nitriles is 1. The summed E-state index contributed by atoms with van der Waals surface area (Å²) in [7, 11) is 1.53. The number of para-hydroxylation sites is 1. The minimum atomic E-state index is -0.753. The number of likely N-dealkylation sites (N-methyl/N-ethyl adjacent to an activating group) is 1. The van der Waals surface area contributed by atoms with Crippen LogP contribution < -0.4 is 10.2 Å². The Morgan fingerprint density at radius 2 is 1.81 bits per heavy atom. The molecular formula is C16H13N3O2. The molecule has 0 atom stereocenters. The number of anilines is 2. The van der Waals surface area contributed by atoms with E-state index in [1.807, 2.05) is 12.1 Å². The van der Waals surface area contributed by atoms with Crippen LogP contribution in [0.4, 0.5) is 11.4 Å². The van der Waals surface area contributed by atoms with E-state index in [0.717, 1.165) is 0 Å². The van der Waals surface area contributed by atoms with E-state index in [9.17, 15) is 9.59 Å². The Balaban J connectivity index is 2.09. The van der Waals surface area contributed by atoms with Gasteiger partial charge in [0.15, 0.2) is 0 Å². The van der Waals surface area contributed by atoms with E-state index in [4.69, 9.17) is 5.26 Å². The van der Waals surface area contributed by atoms with Gasteiger partial charge in [-0.1, -0.05) is 24.3 Å². The van der Waals surface area contributed by atoms with E-state index in [-0.39, 0.29) is 0 Å². The van der Waals surface area contributed by atoms with Crippen LogP contribution in [0.5, 0.6) is 0 Å². The third kappa shape index (κ3) is 3.45. The lowest BCUT2D eigenvalue weighted by Crippen LogP contribution is -2.37. The lowest BCUT2D eigenvalue weighted by atomic mass is 10.2. The molecule has 2 aromatic carbocycles. The average molecular weight is 279 g/mol. The first-order valence-corrected chi connectivity index (χ1v) is 6.26. The summed E-state index contributed by atoms with van der Waals surface area (Å²) >= 11 is 0. The van der Waals surface area contributed by atoms with Crippen LogP contribution in [0, 0.1) is 11.3 Å². The van der Waals surface area contributed by atoms with Crippen LogP contribution in [0.1, 0.15) is 5.56 Å². The fraction of sp³-hybridized carbons (Fsp3) is 0.0625. The molecule has 0 heterocycles. The zero-order valence-electron chi connectivity index (χ0n) is 11.4. The number of benzene rings is 2. The summed E-state index contributed by atoms with van der Waals surface area (Å²) in [6, 6.07) is 17.2. The molecule has 2 rings (SSSR count). The van der Waals surface area contributed by atoms with Gasteiger partial charge in [-0.05, 0) is 30.3 Å². The van der Waals surface area contributed by atoms with E-state index >= 15 is 0 Å². The fourth-order valence-corrected chi connectivity index (χ4v) is 1.77. The highest BCUT2D eigenvalue weighted by Gasteiger charge is 2.19. The highest BCUT2D eigenvalue weighted by molar-refractivity contribution is 6.44. The van der Waals surface area contributed by atoms with E-state index in [0.29, 0.717) is 16.9 Å². The molecule has 0 aliphatic rings. The maximum Gasteiger partial charge on any atom is 0.316 e. The minimum Gasteiger partial charge on any atom is -0.318 e. The molecule has 0 unspecified atom stereocenters. The minimum absolute atomic E-state index is 0.411. The SMILES string of the molecule is CN(C(=O)C(=O)Nc1cccc(C#N)c1)c1ccccc1. The molecule has 104 valence electrons. The Labute approximate surface area is 122 Å². The molecule has 2 amide bonds. The van der Waals surface area contributed by atoms with E-state index in [2.05, 4.69) is 5.32 Å². The predicted molar refractivity (Wildman–Crippen MR) is 79.6 cm³/mol. The summed E-state index contributed by atoms with van der Waals surface area (Å²) in [5.74, 6) is -1.43. The van der Waals surface area contributed by atoms with E-state index in [1.54, 1.807) is 42.5 Å². The first kappa shape index (κ1) is 14.3. The lowest BCUT2D eigenvalue weighted by molar-refractivity contribution is -0.134. The van der Waals surface area contributed by atoms with Gasteiger partial charge in [-0.15, -0.1) is 0 Å². The maximum atomic E-state index is 12.1. The van der Waals surface area contributed by atoms with Crippen molar-refractivity contribution >= 4 is 23.2 Å². The fourth-order valence-electron chi connectivity index (χ4n) is 1.77. The summed E-state index contributed by atoms with van der Waals surface area (Å²) in [4.78, 5) is 25.3. The van der Waals surface area contributed by atoms with Crippen molar-refractivity contribution in [1.82, 2.24) is 0 Å². The van der Waals surface area contributed by atoms with Crippen molar-refractivity contribution in [2.75, 3.05) is 17.3 Å². The quantitative estimate of drug-likeness (QED) is 0.856. The van der Waals surface area contributed by atoms with E-state index < -0.39 is 11.8 Å². The highest BCUT2D eigenvalue weighted by Crippen LogP contribution is 2.13. The molecule has 0 saturated heterocycles. The average Bonchev–Trinajstić information content (AvgIpc) is 2.54. The number of nitrogens with zero attached hydrogens (tertiary/aromatic N) is 2. The van der Waals surface area contributed by atoms with Crippen molar-refractivity contribution in [3.63, 3.8) is 0 Å². The second-order valence-electron chi connectivity index (χ2n) is 4.35.